The van der Waals surface area contributed by atoms with E-state index in [0.717, 1.165) is 29.2 Å². The molecule has 0 aromatic carbocycles. The molecule has 19 heavy (non-hydrogen) atoms. The highest BCUT2D eigenvalue weighted by Gasteiger charge is 2.20. The van der Waals surface area contributed by atoms with Crippen molar-refractivity contribution in [1.29, 1.82) is 0 Å². The molecule has 0 amide bonds. The zero-order chi connectivity index (χ0) is 14.0. The third kappa shape index (κ3) is 2.68. The number of hydrogen-bond donors (Lipinski definition) is 2. The molecule has 6 heteroatoms. The molecule has 2 aromatic heterocycles. The maximum atomic E-state index is 11.4. The van der Waals surface area contributed by atoms with Gasteiger partial charge in [-0.2, -0.15) is 0 Å². The average molecular weight is 279 g/mol. The molecule has 2 heterocycles. The van der Waals surface area contributed by atoms with Crippen molar-refractivity contribution in [2.75, 3.05) is 11.9 Å². The van der Waals surface area contributed by atoms with E-state index in [1.807, 2.05) is 6.92 Å². The summed E-state index contributed by atoms with van der Waals surface area (Å²) in [5, 5.41) is 13.5. The summed E-state index contributed by atoms with van der Waals surface area (Å²) < 4.78 is 0. The van der Waals surface area contributed by atoms with E-state index in [4.69, 9.17) is 0 Å². The second-order valence-corrected chi connectivity index (χ2v) is 5.60. The number of aromatic carboxylic acids is 1. The molecule has 0 aliphatic carbocycles. The molecule has 2 N–H and O–H groups in total. The molecular formula is C13H17N3O2S. The van der Waals surface area contributed by atoms with Crippen molar-refractivity contribution in [1.82, 2.24) is 9.97 Å². The van der Waals surface area contributed by atoms with Crippen LogP contribution in [-0.4, -0.2) is 27.6 Å². The predicted molar refractivity (Wildman–Crippen MR) is 77.2 cm³/mol. The predicted octanol–water partition coefficient (Wildman–Crippen LogP) is 3.22. The van der Waals surface area contributed by atoms with Gasteiger partial charge in [-0.05, 0) is 20.3 Å². The van der Waals surface area contributed by atoms with Gasteiger partial charge in [-0.25, -0.2) is 14.8 Å². The number of rotatable bonds is 5. The van der Waals surface area contributed by atoms with Crippen LogP contribution in [0.5, 0.6) is 0 Å². The first kappa shape index (κ1) is 13.7. The number of aryl methyl sites for hydroxylation is 2. The fraction of sp³-hybridized carbons (Fsp3) is 0.462. The van der Waals surface area contributed by atoms with Gasteiger partial charge in [0.1, 0.15) is 15.9 Å². The molecule has 102 valence electrons. The van der Waals surface area contributed by atoms with E-state index in [1.54, 1.807) is 6.92 Å². The maximum Gasteiger partial charge on any atom is 0.339 e. The third-order valence-corrected chi connectivity index (χ3v) is 3.74. The minimum Gasteiger partial charge on any atom is -0.478 e. The van der Waals surface area contributed by atoms with Gasteiger partial charge in [0.25, 0.3) is 0 Å². The number of carbonyl (C=O) groups is 1. The molecule has 0 aliphatic heterocycles. The van der Waals surface area contributed by atoms with Crippen LogP contribution in [0.2, 0.25) is 0 Å². The van der Waals surface area contributed by atoms with E-state index in [2.05, 4.69) is 22.2 Å². The van der Waals surface area contributed by atoms with Crippen molar-refractivity contribution < 1.29 is 9.90 Å². The number of aromatic nitrogens is 2. The molecule has 0 radical (unpaired) electrons. The van der Waals surface area contributed by atoms with Crippen LogP contribution in [0.4, 0.5) is 5.69 Å². The number of unbranched alkanes of at least 4 members (excludes halogenated alkanes) is 1. The first-order valence-corrected chi connectivity index (χ1v) is 7.11. The van der Waals surface area contributed by atoms with Crippen LogP contribution in [0, 0.1) is 13.8 Å². The van der Waals surface area contributed by atoms with Gasteiger partial charge in [0.05, 0.1) is 16.4 Å². The quantitative estimate of drug-likeness (QED) is 0.822. The fourth-order valence-electron chi connectivity index (χ4n) is 1.99. The summed E-state index contributed by atoms with van der Waals surface area (Å²) in [5.41, 5.74) is 2.03. The third-order valence-electron chi connectivity index (χ3n) is 2.88. The number of pyridine rings is 1. The topological polar surface area (TPSA) is 75.1 Å². The normalized spacial score (nSPS) is 10.9. The molecular weight excluding hydrogens is 262 g/mol. The standard InChI is InChI=1S/C13H17N3O2S/c1-4-5-6-14-10-9(13(17)18)7(2)15-12-11(10)16-8(3)19-12/h4-6H2,1-3H3,(H,14,15)(H,17,18). The van der Waals surface area contributed by atoms with Crippen LogP contribution in [0.25, 0.3) is 10.3 Å². The number of fused-ring (bicyclic) bond motifs is 1. The lowest BCUT2D eigenvalue weighted by atomic mass is 10.1. The van der Waals surface area contributed by atoms with Gasteiger partial charge >= 0.3 is 5.97 Å². The van der Waals surface area contributed by atoms with Gasteiger partial charge in [-0.3, -0.25) is 0 Å². The Morgan fingerprint density at radius 2 is 2.11 bits per heavy atom. The molecule has 2 aromatic rings. The number of thiazole rings is 1. The number of nitrogens with zero attached hydrogens (tertiary/aromatic N) is 2. The van der Waals surface area contributed by atoms with Crippen LogP contribution in [0.1, 0.15) is 40.8 Å². The van der Waals surface area contributed by atoms with Gasteiger partial charge in [0.2, 0.25) is 0 Å². The molecule has 5 nitrogen and oxygen atoms in total. The van der Waals surface area contributed by atoms with Gasteiger partial charge in [-0.1, -0.05) is 24.7 Å². The molecule has 2 rings (SSSR count). The molecule has 0 aliphatic rings. The lowest BCUT2D eigenvalue weighted by Crippen LogP contribution is -2.11. The Labute approximate surface area is 115 Å². The minimum absolute atomic E-state index is 0.230. The highest BCUT2D eigenvalue weighted by molar-refractivity contribution is 7.18. The first-order valence-electron chi connectivity index (χ1n) is 6.29. The van der Waals surface area contributed by atoms with E-state index in [9.17, 15) is 9.90 Å². The summed E-state index contributed by atoms with van der Waals surface area (Å²) in [6, 6.07) is 0. The van der Waals surface area contributed by atoms with Gasteiger partial charge in [-0.15, -0.1) is 0 Å². The number of hydrogen-bond acceptors (Lipinski definition) is 5. The summed E-state index contributed by atoms with van der Waals surface area (Å²) in [7, 11) is 0. The summed E-state index contributed by atoms with van der Waals surface area (Å²) >= 11 is 1.48. The van der Waals surface area contributed by atoms with Gasteiger partial charge < -0.3 is 10.4 Å². The Morgan fingerprint density at radius 1 is 1.37 bits per heavy atom. The number of anilines is 1. The monoisotopic (exact) mass is 279 g/mol. The molecule has 0 unspecified atom stereocenters. The zero-order valence-corrected chi connectivity index (χ0v) is 12.1. The molecule has 0 saturated heterocycles. The number of carboxylic acid groups (broad SMARTS) is 1. The van der Waals surface area contributed by atoms with Crippen molar-refractivity contribution in [3.05, 3.63) is 16.3 Å². The second kappa shape index (κ2) is 5.52. The smallest absolute Gasteiger partial charge is 0.339 e. The zero-order valence-electron chi connectivity index (χ0n) is 11.3. The molecule has 0 fully saturated rings. The molecule has 0 spiro atoms. The lowest BCUT2D eigenvalue weighted by Gasteiger charge is -2.11. The van der Waals surface area contributed by atoms with Crippen molar-refractivity contribution in [2.45, 2.75) is 33.6 Å². The first-order chi connectivity index (χ1) is 9.04. The van der Waals surface area contributed by atoms with E-state index >= 15 is 0 Å². The lowest BCUT2D eigenvalue weighted by molar-refractivity contribution is 0.0697. The molecule has 0 bridgehead atoms. The molecule has 0 atom stereocenters. The van der Waals surface area contributed by atoms with Crippen molar-refractivity contribution in [2.24, 2.45) is 0 Å². The van der Waals surface area contributed by atoms with Crippen LogP contribution in [0.3, 0.4) is 0 Å². The SMILES string of the molecule is CCCCNc1c(C(=O)O)c(C)nc2sc(C)nc12. The van der Waals surface area contributed by atoms with Crippen LogP contribution >= 0.6 is 11.3 Å². The van der Waals surface area contributed by atoms with E-state index in [1.165, 1.54) is 11.3 Å². The summed E-state index contributed by atoms with van der Waals surface area (Å²) in [6.45, 7) is 6.47. The second-order valence-electron chi connectivity index (χ2n) is 4.42. The Kier molecular flexibility index (Phi) is 3.99. The Balaban J connectivity index is 2.58. The van der Waals surface area contributed by atoms with Crippen molar-refractivity contribution in [3.63, 3.8) is 0 Å². The maximum absolute atomic E-state index is 11.4. The van der Waals surface area contributed by atoms with E-state index < -0.39 is 5.97 Å². The summed E-state index contributed by atoms with van der Waals surface area (Å²) in [4.78, 5) is 21.0. The number of carboxylic acids is 1. The summed E-state index contributed by atoms with van der Waals surface area (Å²) in [6.07, 6.45) is 2.05. The van der Waals surface area contributed by atoms with Crippen LogP contribution in [-0.2, 0) is 0 Å². The average Bonchev–Trinajstić information content (AvgIpc) is 2.68. The van der Waals surface area contributed by atoms with Crippen molar-refractivity contribution >= 4 is 33.3 Å². The molecule has 0 saturated carbocycles. The van der Waals surface area contributed by atoms with Gasteiger partial charge in [0.15, 0.2) is 0 Å². The Bertz CT molecular complexity index is 622. The largest absolute Gasteiger partial charge is 0.478 e. The highest BCUT2D eigenvalue weighted by Crippen LogP contribution is 2.31. The van der Waals surface area contributed by atoms with Crippen LogP contribution in [0.15, 0.2) is 0 Å². The van der Waals surface area contributed by atoms with Crippen LogP contribution < -0.4 is 5.32 Å². The Morgan fingerprint density at radius 3 is 2.74 bits per heavy atom. The van der Waals surface area contributed by atoms with E-state index in [-0.39, 0.29) is 5.56 Å². The Hall–Kier alpha value is -1.69. The number of nitrogens with one attached hydrogen (secondary N) is 1. The van der Waals surface area contributed by atoms with Gasteiger partial charge in [0, 0.05) is 6.54 Å². The van der Waals surface area contributed by atoms with Crippen molar-refractivity contribution in [3.8, 4) is 0 Å². The highest BCUT2D eigenvalue weighted by atomic mass is 32.1. The van der Waals surface area contributed by atoms with E-state index in [0.29, 0.717) is 16.9 Å². The minimum atomic E-state index is -0.962. The summed E-state index contributed by atoms with van der Waals surface area (Å²) in [5.74, 6) is -0.962. The fourth-order valence-corrected chi connectivity index (χ4v) is 2.83.